The summed E-state index contributed by atoms with van der Waals surface area (Å²) in [6.45, 7) is 2.40. The molecule has 0 N–H and O–H groups in total. The normalized spacial score (nSPS) is 12.2. The van der Waals surface area contributed by atoms with E-state index in [0.29, 0.717) is 0 Å². The number of hydrogen-bond acceptors (Lipinski definition) is 0. The van der Waals surface area contributed by atoms with Gasteiger partial charge < -0.3 is 0 Å². The second-order valence-electron chi connectivity index (χ2n) is 5.55. The zero-order valence-electron chi connectivity index (χ0n) is 12.9. The Balaban J connectivity index is 1.51. The van der Waals surface area contributed by atoms with E-state index >= 15 is 0 Å². The average Bonchev–Trinajstić information content (AvgIpc) is 2.53. The van der Waals surface area contributed by atoms with Crippen molar-refractivity contribution >= 4 is 29.4 Å². The first-order chi connectivity index (χ1) is 10.3. The lowest BCUT2D eigenvalue weighted by Gasteiger charge is -2.10. The first kappa shape index (κ1) is 16.2. The van der Waals surface area contributed by atoms with E-state index in [0.717, 1.165) is 24.6 Å². The monoisotopic (exact) mass is 308 g/mol. The van der Waals surface area contributed by atoms with Gasteiger partial charge in [0.15, 0.2) is 0 Å². The van der Waals surface area contributed by atoms with Gasteiger partial charge >= 0.3 is 0 Å². The van der Waals surface area contributed by atoms with Gasteiger partial charge in [-0.3, -0.25) is 0 Å². The van der Waals surface area contributed by atoms with Crippen LogP contribution in [0.1, 0.15) is 32.6 Å². The summed E-state index contributed by atoms with van der Waals surface area (Å²) >= 11 is 0. The number of hydrogen-bond donors (Lipinski definition) is 0. The van der Waals surface area contributed by atoms with E-state index in [1.807, 2.05) is 0 Å². The third-order valence-corrected chi connectivity index (χ3v) is 6.40. The quantitative estimate of drug-likeness (QED) is 0.488. The Bertz CT molecular complexity index is 481. The van der Waals surface area contributed by atoms with Gasteiger partial charge in [0, 0.05) is 0 Å². The van der Waals surface area contributed by atoms with Gasteiger partial charge in [-0.2, -0.15) is 0 Å². The lowest BCUT2D eigenvalue weighted by molar-refractivity contribution is 0.653. The molecule has 0 fully saturated rings. The molecule has 0 aliphatic rings. The largest absolute Gasteiger partial charge is 0.0839 e. The third-order valence-electron chi connectivity index (χ3n) is 3.60. The first-order valence-corrected chi connectivity index (χ1v) is 10.2. The van der Waals surface area contributed by atoms with Crippen molar-refractivity contribution in [3.63, 3.8) is 0 Å². The van der Waals surface area contributed by atoms with Crippen molar-refractivity contribution in [3.8, 4) is 0 Å². The van der Waals surface area contributed by atoms with Crippen molar-refractivity contribution in [3.05, 3.63) is 60.7 Å². The lowest BCUT2D eigenvalue weighted by atomic mass is 10.2. The molecule has 0 spiro atoms. The van der Waals surface area contributed by atoms with Crippen molar-refractivity contribution in [1.29, 1.82) is 0 Å². The molecule has 2 aromatic carbocycles. The maximum atomic E-state index is 2.40. The van der Waals surface area contributed by atoms with Gasteiger partial charge in [0.25, 0.3) is 0 Å². The van der Waals surface area contributed by atoms with Crippen LogP contribution in [-0.4, -0.2) is 19.0 Å². The predicted molar refractivity (Wildman–Crippen MR) is 96.4 cm³/mol. The molecule has 0 heterocycles. The number of benzene rings is 2. The Morgan fingerprint density at radius 1 is 0.762 bits per heavy atom. The van der Waals surface area contributed by atoms with Crippen molar-refractivity contribution in [2.45, 2.75) is 44.2 Å². The Hall–Kier alpha value is -1.13. The summed E-state index contributed by atoms with van der Waals surface area (Å²) in [5.41, 5.74) is 0.837. The van der Waals surface area contributed by atoms with Gasteiger partial charge in [0.05, 0.1) is 19.0 Å². The maximum absolute atomic E-state index is 2.40. The van der Waals surface area contributed by atoms with Crippen molar-refractivity contribution in [1.82, 2.24) is 0 Å². The second-order valence-corrected chi connectivity index (χ2v) is 8.84. The van der Waals surface area contributed by atoms with Gasteiger partial charge in [-0.15, -0.1) is 0 Å². The summed E-state index contributed by atoms with van der Waals surface area (Å²) in [6.07, 6.45) is 5.54. The van der Waals surface area contributed by atoms with E-state index in [1.54, 1.807) is 0 Å². The van der Waals surface area contributed by atoms with Gasteiger partial charge in [0.2, 0.25) is 0 Å². The molecule has 1 atom stereocenters. The van der Waals surface area contributed by atoms with Crippen LogP contribution in [0.3, 0.4) is 0 Å². The van der Waals surface area contributed by atoms with E-state index in [1.165, 1.54) is 42.1 Å². The SMILES string of the molecule is CC(CCCCC[Si]c1ccccc1)[Si]c1ccccc1. The van der Waals surface area contributed by atoms with Gasteiger partial charge in [-0.25, -0.2) is 0 Å². The van der Waals surface area contributed by atoms with Crippen LogP contribution < -0.4 is 10.4 Å². The molecule has 4 radical (unpaired) electrons. The maximum Gasteiger partial charge on any atom is 0.0839 e. The Morgan fingerprint density at radius 3 is 2.05 bits per heavy atom. The minimum absolute atomic E-state index is 0.837. The van der Waals surface area contributed by atoms with Crippen LogP contribution in [0.2, 0.25) is 11.6 Å². The molecule has 0 aliphatic carbocycles. The van der Waals surface area contributed by atoms with Crippen LogP contribution in [-0.2, 0) is 0 Å². The highest BCUT2D eigenvalue weighted by Gasteiger charge is 2.04. The molecule has 21 heavy (non-hydrogen) atoms. The standard InChI is InChI=1S/C19H24Si2/c1-17(21-19-14-8-3-9-15-19)11-5-4-10-16-20-18-12-6-2-7-13-18/h2-3,6-9,12-15,17H,4-5,10-11,16H2,1H3. The fourth-order valence-corrected chi connectivity index (χ4v) is 4.88. The molecule has 2 aromatic rings. The molecule has 0 bridgehead atoms. The van der Waals surface area contributed by atoms with E-state index in [-0.39, 0.29) is 0 Å². The third kappa shape index (κ3) is 6.92. The molecule has 0 saturated heterocycles. The van der Waals surface area contributed by atoms with Gasteiger partial charge in [0.1, 0.15) is 0 Å². The van der Waals surface area contributed by atoms with Crippen molar-refractivity contribution < 1.29 is 0 Å². The smallest absolute Gasteiger partial charge is 0.0650 e. The number of unbranched alkanes of at least 4 members (excludes halogenated alkanes) is 2. The first-order valence-electron chi connectivity index (χ1n) is 7.95. The van der Waals surface area contributed by atoms with Crippen LogP contribution >= 0.6 is 0 Å². The molecule has 0 amide bonds. The van der Waals surface area contributed by atoms with Gasteiger partial charge in [-0.05, 0) is 5.54 Å². The molecule has 2 heteroatoms. The minimum atomic E-state index is 0.837. The van der Waals surface area contributed by atoms with E-state index in [4.69, 9.17) is 0 Å². The zero-order valence-corrected chi connectivity index (χ0v) is 14.9. The Kier molecular flexibility index (Phi) is 7.54. The second kappa shape index (κ2) is 9.75. The van der Waals surface area contributed by atoms with E-state index < -0.39 is 0 Å². The van der Waals surface area contributed by atoms with Crippen LogP contribution in [0.15, 0.2) is 60.7 Å². The van der Waals surface area contributed by atoms with Crippen molar-refractivity contribution in [2.75, 3.05) is 0 Å². The molecule has 1 unspecified atom stereocenters. The van der Waals surface area contributed by atoms with Crippen LogP contribution in [0.25, 0.3) is 0 Å². The predicted octanol–water partition coefficient (Wildman–Crippen LogP) is 3.83. The molecule has 108 valence electrons. The average molecular weight is 309 g/mol. The summed E-state index contributed by atoms with van der Waals surface area (Å²) in [5, 5.41) is 3.02. The summed E-state index contributed by atoms with van der Waals surface area (Å²) < 4.78 is 0. The van der Waals surface area contributed by atoms with E-state index in [2.05, 4.69) is 67.6 Å². The molecular formula is C19H24Si2. The van der Waals surface area contributed by atoms with Gasteiger partial charge in [-0.1, -0.05) is 110 Å². The zero-order chi connectivity index (χ0) is 14.8. The van der Waals surface area contributed by atoms with Crippen LogP contribution in [0, 0.1) is 0 Å². The molecule has 0 nitrogen and oxygen atoms in total. The highest BCUT2D eigenvalue weighted by Crippen LogP contribution is 2.14. The Labute approximate surface area is 134 Å². The highest BCUT2D eigenvalue weighted by atomic mass is 28.2. The van der Waals surface area contributed by atoms with Crippen molar-refractivity contribution in [2.24, 2.45) is 0 Å². The summed E-state index contributed by atoms with van der Waals surface area (Å²) in [6, 6.07) is 23.2. The summed E-state index contributed by atoms with van der Waals surface area (Å²) in [4.78, 5) is 0. The molecule has 0 aromatic heterocycles. The number of rotatable bonds is 9. The summed E-state index contributed by atoms with van der Waals surface area (Å²) in [5.74, 6) is 0. The van der Waals surface area contributed by atoms with E-state index in [9.17, 15) is 0 Å². The highest BCUT2D eigenvalue weighted by molar-refractivity contribution is 6.54. The molecule has 0 aliphatic heterocycles. The molecular weight excluding hydrogens is 284 g/mol. The fourth-order valence-electron chi connectivity index (χ4n) is 2.43. The lowest BCUT2D eigenvalue weighted by Crippen LogP contribution is -2.17. The van der Waals surface area contributed by atoms with Crippen LogP contribution in [0.4, 0.5) is 0 Å². The molecule has 0 saturated carbocycles. The van der Waals surface area contributed by atoms with Crippen LogP contribution in [0.5, 0.6) is 0 Å². The summed E-state index contributed by atoms with van der Waals surface area (Å²) in [7, 11) is 1.96. The topological polar surface area (TPSA) is 0 Å². The molecule has 2 rings (SSSR count). The Morgan fingerprint density at radius 2 is 1.38 bits per heavy atom. The minimum Gasteiger partial charge on any atom is -0.0650 e. The fraction of sp³-hybridized carbons (Fsp3) is 0.368.